The lowest BCUT2D eigenvalue weighted by atomic mass is 10.2. The van der Waals surface area contributed by atoms with Gasteiger partial charge < -0.3 is 9.80 Å². The number of hydrogen-bond donors (Lipinski definition) is 2. The Hall–Kier alpha value is -0.920. The van der Waals surface area contributed by atoms with Crippen LogP contribution < -0.4 is 16.2 Å². The molecule has 2 rings (SSSR count). The van der Waals surface area contributed by atoms with Crippen molar-refractivity contribution in [2.45, 2.75) is 13.0 Å². The van der Waals surface area contributed by atoms with Crippen molar-refractivity contribution in [3.05, 3.63) is 10.7 Å². The molecule has 1 aliphatic rings. The molecule has 6 nitrogen and oxygen atoms in total. The highest BCUT2D eigenvalue weighted by molar-refractivity contribution is 9.10. The number of nitrogen functional groups attached to an aromatic ring is 1. The predicted molar refractivity (Wildman–Crippen MR) is 71.8 cm³/mol. The zero-order valence-corrected chi connectivity index (χ0v) is 11.6. The molecule has 94 valence electrons. The molecule has 2 heterocycles. The fourth-order valence-electron chi connectivity index (χ4n) is 2.08. The summed E-state index contributed by atoms with van der Waals surface area (Å²) in [7, 11) is 2.13. The Labute approximate surface area is 109 Å². The first-order valence-electron chi connectivity index (χ1n) is 5.56. The van der Waals surface area contributed by atoms with Gasteiger partial charge in [-0.25, -0.2) is 10.8 Å². The number of aromatic nitrogens is 2. The molecule has 1 atom stereocenters. The van der Waals surface area contributed by atoms with Crippen LogP contribution >= 0.6 is 15.9 Å². The molecule has 0 saturated carbocycles. The summed E-state index contributed by atoms with van der Waals surface area (Å²) in [6.45, 7) is 5.21. The molecule has 0 aliphatic carbocycles. The lowest BCUT2D eigenvalue weighted by Gasteiger charge is -2.39. The molecular formula is C10H17BrN6. The molecule has 17 heavy (non-hydrogen) atoms. The minimum absolute atomic E-state index is 0.422. The molecule has 0 amide bonds. The SMILES string of the molecule is CC1CN(C)CCN1c1nc(NN)ncc1Br. The highest BCUT2D eigenvalue weighted by Gasteiger charge is 2.24. The average Bonchev–Trinajstić information content (AvgIpc) is 2.30. The van der Waals surface area contributed by atoms with Gasteiger partial charge in [-0.1, -0.05) is 0 Å². The van der Waals surface area contributed by atoms with Crippen molar-refractivity contribution < 1.29 is 0 Å². The summed E-state index contributed by atoms with van der Waals surface area (Å²) in [5, 5.41) is 0. The first kappa shape index (κ1) is 12.5. The van der Waals surface area contributed by atoms with Crippen LogP contribution in [-0.4, -0.2) is 47.6 Å². The number of halogens is 1. The normalized spacial score (nSPS) is 21.6. The van der Waals surface area contributed by atoms with Gasteiger partial charge in [-0.3, -0.25) is 5.43 Å². The molecular weight excluding hydrogens is 284 g/mol. The van der Waals surface area contributed by atoms with Crippen LogP contribution in [0.25, 0.3) is 0 Å². The van der Waals surface area contributed by atoms with E-state index in [2.05, 4.69) is 55.1 Å². The van der Waals surface area contributed by atoms with Crippen LogP contribution in [-0.2, 0) is 0 Å². The second-order valence-electron chi connectivity index (χ2n) is 4.31. The molecule has 1 saturated heterocycles. The largest absolute Gasteiger partial charge is 0.350 e. The van der Waals surface area contributed by atoms with Gasteiger partial charge in [0, 0.05) is 31.9 Å². The fraction of sp³-hybridized carbons (Fsp3) is 0.600. The van der Waals surface area contributed by atoms with Crippen molar-refractivity contribution in [1.29, 1.82) is 0 Å². The molecule has 7 heteroatoms. The number of nitrogens with two attached hydrogens (primary N) is 1. The van der Waals surface area contributed by atoms with Gasteiger partial charge in [0.15, 0.2) is 0 Å². The van der Waals surface area contributed by atoms with Crippen molar-refractivity contribution in [1.82, 2.24) is 14.9 Å². The zero-order valence-electron chi connectivity index (χ0n) is 10.0. The van der Waals surface area contributed by atoms with E-state index in [1.54, 1.807) is 6.20 Å². The van der Waals surface area contributed by atoms with Gasteiger partial charge in [-0.05, 0) is 29.9 Å². The predicted octanol–water partition coefficient (Wildman–Crippen LogP) is 0.665. The average molecular weight is 301 g/mol. The second-order valence-corrected chi connectivity index (χ2v) is 5.17. The zero-order chi connectivity index (χ0) is 12.4. The Bertz CT molecular complexity index is 398. The quantitative estimate of drug-likeness (QED) is 0.618. The van der Waals surface area contributed by atoms with Gasteiger partial charge in [-0.2, -0.15) is 4.98 Å². The summed E-state index contributed by atoms with van der Waals surface area (Å²) < 4.78 is 0.896. The van der Waals surface area contributed by atoms with Gasteiger partial charge in [0.1, 0.15) is 5.82 Å². The third kappa shape index (κ3) is 2.67. The van der Waals surface area contributed by atoms with Crippen molar-refractivity contribution >= 4 is 27.7 Å². The lowest BCUT2D eigenvalue weighted by molar-refractivity contribution is 0.274. The summed E-state index contributed by atoms with van der Waals surface area (Å²) >= 11 is 3.49. The number of hydrogen-bond acceptors (Lipinski definition) is 6. The number of hydrazine groups is 1. The topological polar surface area (TPSA) is 70.3 Å². The maximum Gasteiger partial charge on any atom is 0.239 e. The summed E-state index contributed by atoms with van der Waals surface area (Å²) in [5.41, 5.74) is 2.48. The summed E-state index contributed by atoms with van der Waals surface area (Å²) in [4.78, 5) is 13.1. The molecule has 1 fully saturated rings. The third-order valence-corrected chi connectivity index (χ3v) is 3.52. The number of nitrogens with zero attached hydrogens (tertiary/aromatic N) is 4. The van der Waals surface area contributed by atoms with E-state index in [9.17, 15) is 0 Å². The molecule has 0 radical (unpaired) electrons. The highest BCUT2D eigenvalue weighted by Crippen LogP contribution is 2.27. The van der Waals surface area contributed by atoms with Crippen LogP contribution in [0.2, 0.25) is 0 Å². The number of piperazine rings is 1. The van der Waals surface area contributed by atoms with Crippen molar-refractivity contribution in [2.24, 2.45) is 5.84 Å². The van der Waals surface area contributed by atoms with E-state index >= 15 is 0 Å². The number of nitrogens with one attached hydrogen (secondary N) is 1. The van der Waals surface area contributed by atoms with Crippen LogP contribution in [0.15, 0.2) is 10.7 Å². The third-order valence-electron chi connectivity index (χ3n) is 2.96. The minimum Gasteiger partial charge on any atom is -0.350 e. The van der Waals surface area contributed by atoms with Crippen LogP contribution in [0.5, 0.6) is 0 Å². The first-order chi connectivity index (χ1) is 8.11. The van der Waals surface area contributed by atoms with E-state index in [0.29, 0.717) is 12.0 Å². The monoisotopic (exact) mass is 300 g/mol. The van der Waals surface area contributed by atoms with E-state index in [4.69, 9.17) is 5.84 Å². The number of likely N-dealkylation sites (N-methyl/N-ethyl adjacent to an activating group) is 1. The van der Waals surface area contributed by atoms with Gasteiger partial charge in [0.05, 0.1) is 4.47 Å². The molecule has 3 N–H and O–H groups in total. The summed E-state index contributed by atoms with van der Waals surface area (Å²) in [5.74, 6) is 6.67. The van der Waals surface area contributed by atoms with Gasteiger partial charge in [-0.15, -0.1) is 0 Å². The Kier molecular flexibility index (Phi) is 3.80. The van der Waals surface area contributed by atoms with Gasteiger partial charge in [0.2, 0.25) is 5.95 Å². The minimum atomic E-state index is 0.422. The Morgan fingerprint density at radius 2 is 2.29 bits per heavy atom. The van der Waals surface area contributed by atoms with Crippen molar-refractivity contribution in [3.63, 3.8) is 0 Å². The fourth-order valence-corrected chi connectivity index (χ4v) is 2.50. The van der Waals surface area contributed by atoms with E-state index < -0.39 is 0 Å². The Morgan fingerprint density at radius 1 is 1.53 bits per heavy atom. The maximum atomic E-state index is 5.34. The summed E-state index contributed by atoms with van der Waals surface area (Å²) in [6.07, 6.45) is 1.72. The van der Waals surface area contributed by atoms with Crippen LogP contribution in [0.4, 0.5) is 11.8 Å². The van der Waals surface area contributed by atoms with Crippen LogP contribution in [0, 0.1) is 0 Å². The summed E-state index contributed by atoms with van der Waals surface area (Å²) in [6, 6.07) is 0.422. The molecule has 1 aromatic rings. The molecule has 1 aromatic heterocycles. The maximum absolute atomic E-state index is 5.34. The highest BCUT2D eigenvalue weighted by atomic mass is 79.9. The standard InChI is InChI=1S/C10H17BrN6/c1-7-6-16(2)3-4-17(7)9-8(11)5-13-10(14-9)15-12/h5,7H,3-4,6,12H2,1-2H3,(H,13,14,15). The number of anilines is 2. The van der Waals surface area contributed by atoms with E-state index in [1.165, 1.54) is 0 Å². The first-order valence-corrected chi connectivity index (χ1v) is 6.35. The molecule has 0 aromatic carbocycles. The van der Waals surface area contributed by atoms with E-state index in [-0.39, 0.29) is 0 Å². The lowest BCUT2D eigenvalue weighted by Crippen LogP contribution is -2.51. The van der Waals surface area contributed by atoms with E-state index in [0.717, 1.165) is 29.9 Å². The van der Waals surface area contributed by atoms with Gasteiger partial charge >= 0.3 is 0 Å². The Morgan fingerprint density at radius 3 is 2.94 bits per heavy atom. The second kappa shape index (κ2) is 5.16. The number of rotatable bonds is 2. The van der Waals surface area contributed by atoms with Crippen LogP contribution in [0.3, 0.4) is 0 Å². The van der Waals surface area contributed by atoms with Crippen molar-refractivity contribution in [2.75, 3.05) is 37.0 Å². The molecule has 1 aliphatic heterocycles. The molecule has 1 unspecified atom stereocenters. The Balaban J connectivity index is 2.26. The van der Waals surface area contributed by atoms with Gasteiger partial charge in [0.25, 0.3) is 0 Å². The molecule has 0 spiro atoms. The van der Waals surface area contributed by atoms with Crippen LogP contribution in [0.1, 0.15) is 6.92 Å². The van der Waals surface area contributed by atoms with Crippen molar-refractivity contribution in [3.8, 4) is 0 Å². The molecule has 0 bridgehead atoms. The smallest absolute Gasteiger partial charge is 0.239 e. The van der Waals surface area contributed by atoms with E-state index in [1.807, 2.05) is 0 Å².